The van der Waals surface area contributed by atoms with Crippen molar-refractivity contribution in [3.8, 4) is 5.75 Å². The Kier molecular flexibility index (Phi) is 7.75. The van der Waals surface area contributed by atoms with Crippen LogP contribution in [0.15, 0.2) is 84.9 Å². The maximum absolute atomic E-state index is 13.3. The first kappa shape index (κ1) is 24.6. The number of amides is 1. The van der Waals surface area contributed by atoms with Gasteiger partial charge < -0.3 is 15.8 Å². The van der Waals surface area contributed by atoms with Crippen molar-refractivity contribution in [2.45, 2.75) is 38.0 Å². The van der Waals surface area contributed by atoms with Crippen LogP contribution in [-0.4, -0.2) is 28.3 Å². The van der Waals surface area contributed by atoms with Crippen molar-refractivity contribution >= 4 is 17.4 Å². The standard InChI is InChI=1S/C26H27N3O5/c1-26(2,34-22-16-10-9-15-21(22)29(32)33)25(31)28-23(19-13-7-4-8-14-19)24(30)20(27)17-18-11-5-3-6-12-18/h3-16,20,23H,17,27H2,1-2H3,(H,28,31). The largest absolute Gasteiger partial charge is 0.471 e. The summed E-state index contributed by atoms with van der Waals surface area (Å²) in [6, 6.07) is 22.1. The van der Waals surface area contributed by atoms with Crippen molar-refractivity contribution < 1.29 is 19.2 Å². The molecule has 0 saturated heterocycles. The number of nitrogens with one attached hydrogen (secondary N) is 1. The number of carbonyl (C=O) groups is 2. The van der Waals surface area contributed by atoms with Gasteiger partial charge in [-0.25, -0.2) is 0 Å². The minimum atomic E-state index is -1.51. The first-order valence-corrected chi connectivity index (χ1v) is 10.8. The second-order valence-electron chi connectivity index (χ2n) is 8.35. The average molecular weight is 462 g/mol. The van der Waals surface area contributed by atoms with Gasteiger partial charge in [0.1, 0.15) is 6.04 Å². The third kappa shape index (κ3) is 6.05. The molecular formula is C26H27N3O5. The van der Waals surface area contributed by atoms with E-state index >= 15 is 0 Å². The predicted molar refractivity (Wildman–Crippen MR) is 128 cm³/mol. The fraction of sp³-hybridized carbons (Fsp3) is 0.231. The van der Waals surface area contributed by atoms with Crippen molar-refractivity contribution in [2.24, 2.45) is 5.73 Å². The van der Waals surface area contributed by atoms with Gasteiger partial charge in [-0.2, -0.15) is 0 Å². The highest BCUT2D eigenvalue weighted by Gasteiger charge is 2.36. The maximum Gasteiger partial charge on any atom is 0.310 e. The van der Waals surface area contributed by atoms with Crippen molar-refractivity contribution in [1.29, 1.82) is 0 Å². The molecule has 0 heterocycles. The van der Waals surface area contributed by atoms with Gasteiger partial charge in [0.25, 0.3) is 5.91 Å². The van der Waals surface area contributed by atoms with E-state index in [0.29, 0.717) is 12.0 Å². The number of rotatable bonds is 10. The lowest BCUT2D eigenvalue weighted by atomic mass is 9.93. The number of nitrogens with two attached hydrogens (primary N) is 1. The molecule has 3 aromatic rings. The van der Waals surface area contributed by atoms with Gasteiger partial charge in [-0.05, 0) is 37.5 Å². The normalized spacial score (nSPS) is 12.9. The third-order valence-corrected chi connectivity index (χ3v) is 5.33. The molecule has 0 spiro atoms. The van der Waals surface area contributed by atoms with Crippen LogP contribution in [0.4, 0.5) is 5.69 Å². The Morgan fingerprint density at radius 2 is 1.53 bits per heavy atom. The first-order valence-electron chi connectivity index (χ1n) is 10.8. The van der Waals surface area contributed by atoms with Gasteiger partial charge >= 0.3 is 5.69 Å². The molecule has 3 rings (SSSR count). The predicted octanol–water partition coefficient (Wildman–Crippen LogP) is 3.75. The zero-order valence-electron chi connectivity index (χ0n) is 19.0. The van der Waals surface area contributed by atoms with Crippen molar-refractivity contribution in [1.82, 2.24) is 5.32 Å². The van der Waals surface area contributed by atoms with Gasteiger partial charge in [-0.15, -0.1) is 0 Å². The van der Waals surface area contributed by atoms with Gasteiger partial charge in [0.2, 0.25) is 0 Å². The molecule has 0 saturated carbocycles. The van der Waals surface area contributed by atoms with Crippen molar-refractivity contribution in [3.63, 3.8) is 0 Å². The van der Waals surface area contributed by atoms with Crippen LogP contribution in [0, 0.1) is 10.1 Å². The highest BCUT2D eigenvalue weighted by Crippen LogP contribution is 2.30. The third-order valence-electron chi connectivity index (χ3n) is 5.33. The molecule has 0 aliphatic rings. The lowest BCUT2D eigenvalue weighted by Gasteiger charge is -2.29. The van der Waals surface area contributed by atoms with Gasteiger partial charge in [-0.1, -0.05) is 72.8 Å². The number of nitrogens with zero attached hydrogens (tertiary/aromatic N) is 1. The fourth-order valence-electron chi connectivity index (χ4n) is 3.47. The number of ketones is 1. The van der Waals surface area contributed by atoms with Crippen LogP contribution in [0.3, 0.4) is 0 Å². The Labute approximate surface area is 197 Å². The Bertz CT molecular complexity index is 1150. The van der Waals surface area contributed by atoms with Crippen LogP contribution in [0.2, 0.25) is 0 Å². The van der Waals surface area contributed by atoms with Gasteiger partial charge in [0.15, 0.2) is 17.1 Å². The Morgan fingerprint density at radius 3 is 2.15 bits per heavy atom. The maximum atomic E-state index is 13.3. The lowest BCUT2D eigenvalue weighted by Crippen LogP contribution is -2.51. The smallest absolute Gasteiger partial charge is 0.310 e. The summed E-state index contributed by atoms with van der Waals surface area (Å²) in [4.78, 5) is 37.3. The highest BCUT2D eigenvalue weighted by molar-refractivity contribution is 5.95. The molecule has 1 amide bonds. The van der Waals surface area contributed by atoms with Crippen LogP contribution in [0.5, 0.6) is 5.75 Å². The molecule has 0 radical (unpaired) electrons. The number of hydrogen-bond acceptors (Lipinski definition) is 6. The highest BCUT2D eigenvalue weighted by atomic mass is 16.6. The fourth-order valence-corrected chi connectivity index (χ4v) is 3.47. The Hall–Kier alpha value is -4.04. The van der Waals surface area contributed by atoms with Crippen LogP contribution in [-0.2, 0) is 16.0 Å². The summed E-state index contributed by atoms with van der Waals surface area (Å²) in [5, 5.41) is 14.1. The molecule has 0 bridgehead atoms. The van der Waals surface area contributed by atoms with Gasteiger partial charge in [-0.3, -0.25) is 19.7 Å². The SMILES string of the molecule is CC(C)(Oc1ccccc1[N+](=O)[O-])C(=O)NC(C(=O)C(N)Cc1ccccc1)c1ccccc1. The molecule has 2 atom stereocenters. The Balaban J connectivity index is 1.82. The molecule has 0 aliphatic carbocycles. The average Bonchev–Trinajstić information content (AvgIpc) is 2.83. The molecule has 2 unspecified atom stereocenters. The lowest BCUT2D eigenvalue weighted by molar-refractivity contribution is -0.386. The molecule has 176 valence electrons. The zero-order chi connectivity index (χ0) is 24.7. The summed E-state index contributed by atoms with van der Waals surface area (Å²) < 4.78 is 5.73. The molecule has 34 heavy (non-hydrogen) atoms. The summed E-state index contributed by atoms with van der Waals surface area (Å²) in [7, 11) is 0. The van der Waals surface area contributed by atoms with Crippen LogP contribution < -0.4 is 15.8 Å². The number of hydrogen-bond donors (Lipinski definition) is 2. The summed E-state index contributed by atoms with van der Waals surface area (Å²) >= 11 is 0. The second kappa shape index (κ2) is 10.7. The van der Waals surface area contributed by atoms with Crippen molar-refractivity contribution in [3.05, 3.63) is 106 Å². The minimum Gasteiger partial charge on any atom is -0.471 e. The summed E-state index contributed by atoms with van der Waals surface area (Å²) in [5.74, 6) is -1.01. The number of Topliss-reactive ketones (excluding diaryl/α,β-unsaturated/α-hetero) is 1. The molecular weight excluding hydrogens is 434 g/mol. The molecule has 3 aromatic carbocycles. The van der Waals surface area contributed by atoms with E-state index in [-0.39, 0.29) is 17.2 Å². The number of benzene rings is 3. The molecule has 0 aliphatic heterocycles. The Morgan fingerprint density at radius 1 is 0.971 bits per heavy atom. The van der Waals surface area contributed by atoms with E-state index in [1.54, 1.807) is 36.4 Å². The van der Waals surface area contributed by atoms with Crippen LogP contribution >= 0.6 is 0 Å². The number of nitro groups is 1. The van der Waals surface area contributed by atoms with E-state index in [2.05, 4.69) is 5.32 Å². The van der Waals surface area contributed by atoms with Gasteiger partial charge in [0.05, 0.1) is 11.0 Å². The first-order chi connectivity index (χ1) is 16.2. The zero-order valence-corrected chi connectivity index (χ0v) is 19.0. The number of para-hydroxylation sites is 2. The molecule has 3 N–H and O–H groups in total. The molecule has 8 nitrogen and oxygen atoms in total. The number of carbonyl (C=O) groups excluding carboxylic acids is 2. The monoisotopic (exact) mass is 461 g/mol. The van der Waals surface area contributed by atoms with E-state index in [0.717, 1.165) is 5.56 Å². The number of nitro benzene ring substituents is 1. The van der Waals surface area contributed by atoms with Crippen LogP contribution in [0.25, 0.3) is 0 Å². The number of ether oxygens (including phenoxy) is 1. The van der Waals surface area contributed by atoms with E-state index in [1.807, 2.05) is 30.3 Å². The quantitative estimate of drug-likeness (QED) is 0.350. The summed E-state index contributed by atoms with van der Waals surface area (Å²) in [5.41, 5.74) is 5.95. The summed E-state index contributed by atoms with van der Waals surface area (Å²) in [6.07, 6.45) is 0.314. The second-order valence-corrected chi connectivity index (χ2v) is 8.35. The van der Waals surface area contributed by atoms with E-state index in [9.17, 15) is 19.7 Å². The van der Waals surface area contributed by atoms with E-state index in [4.69, 9.17) is 10.5 Å². The molecule has 0 aromatic heterocycles. The topological polar surface area (TPSA) is 125 Å². The summed E-state index contributed by atoms with van der Waals surface area (Å²) in [6.45, 7) is 2.96. The molecule has 0 fully saturated rings. The molecule has 8 heteroatoms. The van der Waals surface area contributed by atoms with Crippen LogP contribution in [0.1, 0.15) is 31.0 Å². The van der Waals surface area contributed by atoms with Gasteiger partial charge in [0, 0.05) is 6.07 Å². The van der Waals surface area contributed by atoms with Crippen molar-refractivity contribution in [2.75, 3.05) is 0 Å². The van der Waals surface area contributed by atoms with E-state index in [1.165, 1.54) is 32.0 Å². The van der Waals surface area contributed by atoms with E-state index < -0.39 is 28.5 Å². The minimum absolute atomic E-state index is 0.0454.